The molecule has 1 saturated carbocycles. The Hall–Kier alpha value is -3.76. The van der Waals surface area contributed by atoms with E-state index in [1.807, 2.05) is 0 Å². The van der Waals surface area contributed by atoms with E-state index in [9.17, 15) is 44.7 Å². The van der Waals surface area contributed by atoms with Crippen LogP contribution in [0.2, 0.25) is 0 Å². The van der Waals surface area contributed by atoms with Gasteiger partial charge in [0, 0.05) is 19.0 Å². The summed E-state index contributed by atoms with van der Waals surface area (Å²) in [5.41, 5.74) is 1.33. The molecule has 17 heteroatoms. The number of fused-ring (bicyclic) bond motifs is 1. The number of hydrogen-bond acceptors (Lipinski definition) is 5. The zero-order valence-corrected chi connectivity index (χ0v) is 23.3. The zero-order valence-electron chi connectivity index (χ0n) is 23.3. The Morgan fingerprint density at radius 2 is 1.89 bits per heavy atom. The number of carbonyl (C=O) groups is 2. The van der Waals surface area contributed by atoms with Gasteiger partial charge in [-0.3, -0.25) is 19.0 Å². The summed E-state index contributed by atoms with van der Waals surface area (Å²) in [7, 11) is 0. The average Bonchev–Trinajstić information content (AvgIpc) is 3.61. The van der Waals surface area contributed by atoms with Gasteiger partial charge < -0.3 is 15.6 Å². The molecule has 4 rings (SSSR count). The predicted molar refractivity (Wildman–Crippen MR) is 140 cm³/mol. The lowest BCUT2D eigenvalue weighted by Gasteiger charge is -2.33. The number of aromatic nitrogens is 4. The number of alkyl halides is 8. The van der Waals surface area contributed by atoms with Gasteiger partial charge in [0.1, 0.15) is 12.5 Å². The molecule has 1 aliphatic rings. The molecular formula is C27H30F8N6O3. The molecule has 1 aromatic carbocycles. The Bertz CT molecular complexity index is 1430. The summed E-state index contributed by atoms with van der Waals surface area (Å²) in [6.07, 6.45) is -8.39. The summed E-state index contributed by atoms with van der Waals surface area (Å²) in [4.78, 5) is 32.7. The first-order valence-electron chi connectivity index (χ1n) is 13.7. The van der Waals surface area contributed by atoms with Gasteiger partial charge in [0.2, 0.25) is 12.1 Å². The highest BCUT2D eigenvalue weighted by Crippen LogP contribution is 2.41. The van der Waals surface area contributed by atoms with Crippen LogP contribution in [0.25, 0.3) is 11.0 Å². The van der Waals surface area contributed by atoms with Gasteiger partial charge in [-0.25, -0.2) is 26.9 Å². The highest BCUT2D eigenvalue weighted by molar-refractivity contribution is 5.94. The topological polar surface area (TPSA) is 114 Å². The second-order valence-corrected chi connectivity index (χ2v) is 10.6. The molecule has 3 N–H and O–H groups in total. The van der Waals surface area contributed by atoms with Crippen LogP contribution >= 0.6 is 0 Å². The molecule has 1 fully saturated rings. The van der Waals surface area contributed by atoms with Crippen molar-refractivity contribution in [1.29, 1.82) is 0 Å². The summed E-state index contributed by atoms with van der Waals surface area (Å²) < 4.78 is 109. The number of imidazole rings is 1. The number of H-pyrrole nitrogens is 1. The predicted octanol–water partition coefficient (Wildman–Crippen LogP) is 5.42. The largest absolute Gasteiger partial charge is 0.522 e. The van der Waals surface area contributed by atoms with Crippen molar-refractivity contribution in [2.75, 3.05) is 13.3 Å². The van der Waals surface area contributed by atoms with E-state index in [0.29, 0.717) is 16.6 Å². The SMILES string of the molecule is C[C@@H](NC(=O)C(F)C(F)CF)c1ccc2nc([C@@H](NC(=O)c3cnn(CCOC(F)(F)F)c3)C3CCC(F)(F)CC3)[nH]c2c1. The number of aromatic amines is 1. The number of rotatable bonds is 12. The average molecular weight is 639 g/mol. The van der Waals surface area contributed by atoms with Crippen molar-refractivity contribution in [3.63, 3.8) is 0 Å². The first-order valence-corrected chi connectivity index (χ1v) is 13.7. The van der Waals surface area contributed by atoms with E-state index >= 15 is 0 Å². The van der Waals surface area contributed by atoms with Crippen molar-refractivity contribution >= 4 is 22.8 Å². The summed E-state index contributed by atoms with van der Waals surface area (Å²) in [5.74, 6) is -5.03. The smallest absolute Gasteiger partial charge is 0.347 e. The van der Waals surface area contributed by atoms with E-state index in [2.05, 4.69) is 30.4 Å². The van der Waals surface area contributed by atoms with Crippen LogP contribution < -0.4 is 10.6 Å². The molecule has 9 nitrogen and oxygen atoms in total. The third kappa shape index (κ3) is 8.45. The maximum absolute atomic E-state index is 13.9. The summed E-state index contributed by atoms with van der Waals surface area (Å²) in [6, 6.07) is 3.04. The van der Waals surface area contributed by atoms with E-state index in [-0.39, 0.29) is 30.8 Å². The number of carbonyl (C=O) groups excluding carboxylic acids is 2. The summed E-state index contributed by atoms with van der Waals surface area (Å²) >= 11 is 0. The van der Waals surface area contributed by atoms with Gasteiger partial charge in [-0.2, -0.15) is 5.10 Å². The fourth-order valence-electron chi connectivity index (χ4n) is 4.97. The van der Waals surface area contributed by atoms with Gasteiger partial charge in [-0.15, -0.1) is 13.2 Å². The molecule has 2 aromatic heterocycles. The number of hydrogen-bond donors (Lipinski definition) is 3. The number of amides is 2. The molecule has 44 heavy (non-hydrogen) atoms. The van der Waals surface area contributed by atoms with Gasteiger partial charge in [0.25, 0.3) is 11.8 Å². The third-order valence-electron chi connectivity index (χ3n) is 7.39. The Labute approximate surface area is 245 Å². The quantitative estimate of drug-likeness (QED) is 0.230. The molecular weight excluding hydrogens is 608 g/mol. The minimum atomic E-state index is -4.82. The molecule has 242 valence electrons. The Morgan fingerprint density at radius 3 is 2.55 bits per heavy atom. The third-order valence-corrected chi connectivity index (χ3v) is 7.39. The van der Waals surface area contributed by atoms with Crippen molar-refractivity contribution in [2.45, 2.75) is 75.9 Å². The fraction of sp³-hybridized carbons (Fsp3) is 0.556. The maximum Gasteiger partial charge on any atom is 0.522 e. The molecule has 0 radical (unpaired) electrons. The van der Waals surface area contributed by atoms with Gasteiger partial charge in [-0.05, 0) is 43.4 Å². The standard InChI is InChI=1S/C27H30F8N6O3/c1-14(37-25(43)21(30)18(29)11-28)16-2-3-19-20(10-16)39-23(38-19)22(15-4-6-26(31,32)7-5-15)40-24(42)17-12-36-41(13-17)8-9-44-27(33,34)35/h2-3,10,12-15,18,21-22H,4-9,11H2,1H3,(H,37,43)(H,38,39)(H,40,42)/t14-,18?,21?,22+/m1/s1. The van der Waals surface area contributed by atoms with Gasteiger partial charge in [0.05, 0.1) is 48.0 Å². The van der Waals surface area contributed by atoms with Crippen LogP contribution in [0.3, 0.4) is 0 Å². The van der Waals surface area contributed by atoms with Crippen LogP contribution in [0.1, 0.15) is 66.4 Å². The molecule has 1 aliphatic carbocycles. The van der Waals surface area contributed by atoms with Crippen molar-refractivity contribution in [1.82, 2.24) is 30.4 Å². The van der Waals surface area contributed by atoms with E-state index in [0.717, 1.165) is 10.9 Å². The molecule has 0 saturated heterocycles. The number of nitrogens with one attached hydrogen (secondary N) is 3. The molecule has 0 aliphatic heterocycles. The molecule has 3 aromatic rings. The molecule has 2 heterocycles. The summed E-state index contributed by atoms with van der Waals surface area (Å²) in [5, 5.41) is 8.93. The van der Waals surface area contributed by atoms with E-state index in [4.69, 9.17) is 0 Å². The fourth-order valence-corrected chi connectivity index (χ4v) is 4.97. The minimum Gasteiger partial charge on any atom is -0.347 e. The molecule has 2 amide bonds. The summed E-state index contributed by atoms with van der Waals surface area (Å²) in [6.45, 7) is -1.15. The van der Waals surface area contributed by atoms with Crippen molar-refractivity contribution in [2.24, 2.45) is 5.92 Å². The van der Waals surface area contributed by atoms with Crippen LogP contribution in [0, 0.1) is 5.92 Å². The molecule has 0 spiro atoms. The number of nitrogens with zero attached hydrogens (tertiary/aromatic N) is 3. The Balaban J connectivity index is 1.53. The lowest BCUT2D eigenvalue weighted by molar-refractivity contribution is -0.325. The molecule has 4 atom stereocenters. The lowest BCUT2D eigenvalue weighted by atomic mass is 9.81. The van der Waals surface area contributed by atoms with Crippen LogP contribution in [0.15, 0.2) is 30.6 Å². The number of halogens is 8. The van der Waals surface area contributed by atoms with Gasteiger partial charge in [0.15, 0.2) is 6.17 Å². The highest BCUT2D eigenvalue weighted by atomic mass is 19.4. The van der Waals surface area contributed by atoms with E-state index in [1.165, 1.54) is 13.1 Å². The first-order chi connectivity index (χ1) is 20.7. The Morgan fingerprint density at radius 1 is 1.18 bits per heavy atom. The maximum atomic E-state index is 13.9. The minimum absolute atomic E-state index is 0.0144. The highest BCUT2D eigenvalue weighted by Gasteiger charge is 2.39. The first kappa shape index (κ1) is 33.1. The second-order valence-electron chi connectivity index (χ2n) is 10.6. The Kier molecular flexibility index (Phi) is 10.2. The van der Waals surface area contributed by atoms with Crippen LogP contribution in [0.4, 0.5) is 35.1 Å². The normalized spacial score (nSPS) is 18.5. The van der Waals surface area contributed by atoms with Gasteiger partial charge in [-0.1, -0.05) is 6.07 Å². The van der Waals surface area contributed by atoms with Gasteiger partial charge >= 0.3 is 6.36 Å². The van der Waals surface area contributed by atoms with Crippen molar-refractivity contribution in [3.05, 3.63) is 47.5 Å². The number of benzene rings is 1. The lowest BCUT2D eigenvalue weighted by Crippen LogP contribution is -2.39. The van der Waals surface area contributed by atoms with Crippen LogP contribution in [-0.2, 0) is 16.1 Å². The molecule has 2 unspecified atom stereocenters. The van der Waals surface area contributed by atoms with Crippen molar-refractivity contribution < 1.29 is 49.4 Å². The second kappa shape index (κ2) is 13.5. The van der Waals surface area contributed by atoms with E-state index in [1.54, 1.807) is 18.2 Å². The van der Waals surface area contributed by atoms with Crippen LogP contribution in [-0.4, -0.2) is 69.5 Å². The van der Waals surface area contributed by atoms with E-state index < -0.39 is 80.6 Å². The van der Waals surface area contributed by atoms with Crippen molar-refractivity contribution in [3.8, 4) is 0 Å². The monoisotopic (exact) mass is 638 g/mol. The molecule has 0 bridgehead atoms. The number of ether oxygens (including phenoxy) is 1. The zero-order chi connectivity index (χ0) is 32.2. The van der Waals surface area contributed by atoms with Crippen LogP contribution in [0.5, 0.6) is 0 Å².